The Morgan fingerprint density at radius 2 is 2.08 bits per heavy atom. The largest absolute Gasteiger partial charge is 0.339 e. The summed E-state index contributed by atoms with van der Waals surface area (Å²) in [5, 5.41) is 0. The van der Waals surface area contributed by atoms with Crippen LogP contribution in [0.15, 0.2) is 12.7 Å². The molecular formula is C10H19NO. The highest BCUT2D eigenvalue weighted by molar-refractivity contribution is 5.86. The molecule has 0 saturated carbocycles. The van der Waals surface area contributed by atoms with E-state index in [-0.39, 0.29) is 5.91 Å². The van der Waals surface area contributed by atoms with Gasteiger partial charge in [-0.3, -0.25) is 4.79 Å². The van der Waals surface area contributed by atoms with Crippen molar-refractivity contribution in [3.63, 3.8) is 0 Å². The number of nitrogens with zero attached hydrogens (tertiary/aromatic N) is 1. The molecule has 0 bridgehead atoms. The molecule has 0 radical (unpaired) electrons. The summed E-state index contributed by atoms with van der Waals surface area (Å²) in [5.74, 6) is 0.0496. The summed E-state index contributed by atoms with van der Waals surface area (Å²) in [4.78, 5) is 13.0. The van der Waals surface area contributed by atoms with Gasteiger partial charge in [0.05, 0.1) is 0 Å². The van der Waals surface area contributed by atoms with Crippen LogP contribution in [0.4, 0.5) is 0 Å². The molecule has 1 amide bonds. The zero-order valence-electron chi connectivity index (χ0n) is 8.18. The highest BCUT2D eigenvalue weighted by atomic mass is 16.2. The Morgan fingerprint density at radius 3 is 2.50 bits per heavy atom. The van der Waals surface area contributed by atoms with Crippen molar-refractivity contribution in [3.05, 3.63) is 12.7 Å². The molecule has 12 heavy (non-hydrogen) atoms. The number of likely N-dealkylation sites (N-methyl/N-ethyl adjacent to an activating group) is 1. The highest BCUT2D eigenvalue weighted by Crippen LogP contribution is 1.98. The molecule has 0 fully saturated rings. The SMILES string of the molecule is C=CC(=O)N(CC)CCCCC. The van der Waals surface area contributed by atoms with Gasteiger partial charge >= 0.3 is 0 Å². The Balaban J connectivity index is 3.67. The van der Waals surface area contributed by atoms with Crippen LogP contribution >= 0.6 is 0 Å². The number of hydrogen-bond donors (Lipinski definition) is 0. The van der Waals surface area contributed by atoms with Crippen LogP contribution in [0.1, 0.15) is 33.1 Å². The Bertz CT molecular complexity index is 143. The van der Waals surface area contributed by atoms with E-state index in [2.05, 4.69) is 13.5 Å². The summed E-state index contributed by atoms with van der Waals surface area (Å²) in [5.41, 5.74) is 0. The Hall–Kier alpha value is -0.790. The van der Waals surface area contributed by atoms with Crippen molar-refractivity contribution in [2.45, 2.75) is 33.1 Å². The standard InChI is InChI=1S/C10H19NO/c1-4-7-8-9-11(6-3)10(12)5-2/h5H,2,4,6-9H2,1,3H3. The molecule has 0 aliphatic heterocycles. The van der Waals surface area contributed by atoms with Crippen LogP contribution in [0.5, 0.6) is 0 Å². The van der Waals surface area contributed by atoms with E-state index in [1.807, 2.05) is 11.8 Å². The quantitative estimate of drug-likeness (QED) is 0.441. The molecule has 0 N–H and O–H groups in total. The van der Waals surface area contributed by atoms with Crippen molar-refractivity contribution in [1.82, 2.24) is 4.90 Å². The maximum absolute atomic E-state index is 11.1. The molecule has 0 spiro atoms. The summed E-state index contributed by atoms with van der Waals surface area (Å²) in [6, 6.07) is 0. The van der Waals surface area contributed by atoms with Gasteiger partial charge in [-0.15, -0.1) is 0 Å². The third-order valence-corrected chi connectivity index (χ3v) is 1.90. The number of hydrogen-bond acceptors (Lipinski definition) is 1. The van der Waals surface area contributed by atoms with Gasteiger partial charge in [-0.05, 0) is 19.4 Å². The molecule has 70 valence electrons. The van der Waals surface area contributed by atoms with Crippen LogP contribution in [0.25, 0.3) is 0 Å². The van der Waals surface area contributed by atoms with Gasteiger partial charge in [0.2, 0.25) is 5.91 Å². The van der Waals surface area contributed by atoms with Crippen molar-refractivity contribution in [2.75, 3.05) is 13.1 Å². The lowest BCUT2D eigenvalue weighted by Crippen LogP contribution is -2.29. The van der Waals surface area contributed by atoms with Gasteiger partial charge < -0.3 is 4.90 Å². The lowest BCUT2D eigenvalue weighted by molar-refractivity contribution is -0.125. The molecule has 0 rings (SSSR count). The van der Waals surface area contributed by atoms with Gasteiger partial charge in [0, 0.05) is 13.1 Å². The smallest absolute Gasteiger partial charge is 0.245 e. The zero-order valence-corrected chi connectivity index (χ0v) is 8.18. The molecule has 2 nitrogen and oxygen atoms in total. The maximum Gasteiger partial charge on any atom is 0.245 e. The lowest BCUT2D eigenvalue weighted by atomic mass is 10.2. The average molecular weight is 169 g/mol. The number of amides is 1. The molecule has 0 heterocycles. The molecule has 0 atom stereocenters. The summed E-state index contributed by atoms with van der Waals surface area (Å²) < 4.78 is 0. The molecule has 0 aromatic heterocycles. The molecular weight excluding hydrogens is 150 g/mol. The van der Waals surface area contributed by atoms with E-state index in [1.165, 1.54) is 18.9 Å². The first-order chi connectivity index (χ1) is 5.76. The van der Waals surface area contributed by atoms with Crippen molar-refractivity contribution in [3.8, 4) is 0 Å². The van der Waals surface area contributed by atoms with E-state index >= 15 is 0 Å². The van der Waals surface area contributed by atoms with Gasteiger partial charge in [-0.1, -0.05) is 26.3 Å². The third-order valence-electron chi connectivity index (χ3n) is 1.90. The van der Waals surface area contributed by atoms with Crippen LogP contribution in [-0.2, 0) is 4.79 Å². The van der Waals surface area contributed by atoms with E-state index in [9.17, 15) is 4.79 Å². The van der Waals surface area contributed by atoms with Crippen LogP contribution < -0.4 is 0 Å². The minimum atomic E-state index is 0.0496. The molecule has 0 aliphatic rings. The summed E-state index contributed by atoms with van der Waals surface area (Å²) in [6.07, 6.45) is 4.88. The predicted octanol–water partition coefficient (Wildman–Crippen LogP) is 2.21. The van der Waals surface area contributed by atoms with Crippen molar-refractivity contribution >= 4 is 5.91 Å². The van der Waals surface area contributed by atoms with Gasteiger partial charge in [0.15, 0.2) is 0 Å². The number of carbonyl (C=O) groups is 1. The first-order valence-corrected chi connectivity index (χ1v) is 4.67. The van der Waals surface area contributed by atoms with Crippen LogP contribution in [0.3, 0.4) is 0 Å². The molecule has 0 saturated heterocycles. The Kier molecular flexibility index (Phi) is 6.44. The maximum atomic E-state index is 11.1. The van der Waals surface area contributed by atoms with E-state index in [0.717, 1.165) is 19.5 Å². The van der Waals surface area contributed by atoms with Crippen LogP contribution in [0, 0.1) is 0 Å². The summed E-state index contributed by atoms with van der Waals surface area (Å²) in [6.45, 7) is 9.27. The first-order valence-electron chi connectivity index (χ1n) is 4.67. The van der Waals surface area contributed by atoms with E-state index in [0.29, 0.717) is 0 Å². The second-order valence-electron chi connectivity index (χ2n) is 2.83. The van der Waals surface area contributed by atoms with Gasteiger partial charge in [0.25, 0.3) is 0 Å². The van der Waals surface area contributed by atoms with Crippen LogP contribution in [-0.4, -0.2) is 23.9 Å². The molecule has 2 heteroatoms. The number of rotatable bonds is 6. The fourth-order valence-corrected chi connectivity index (χ4v) is 1.11. The van der Waals surface area contributed by atoms with Crippen LogP contribution in [0.2, 0.25) is 0 Å². The van der Waals surface area contributed by atoms with E-state index in [1.54, 1.807) is 0 Å². The van der Waals surface area contributed by atoms with Gasteiger partial charge in [0.1, 0.15) is 0 Å². The average Bonchev–Trinajstić information content (AvgIpc) is 2.11. The Labute approximate surface area is 75.3 Å². The zero-order chi connectivity index (χ0) is 9.40. The lowest BCUT2D eigenvalue weighted by Gasteiger charge is -2.18. The van der Waals surface area contributed by atoms with E-state index in [4.69, 9.17) is 0 Å². The molecule has 0 aromatic carbocycles. The van der Waals surface area contributed by atoms with Gasteiger partial charge in [-0.25, -0.2) is 0 Å². The number of carbonyl (C=O) groups excluding carboxylic acids is 1. The third kappa shape index (κ3) is 4.16. The first kappa shape index (κ1) is 11.2. The predicted molar refractivity (Wildman–Crippen MR) is 52.0 cm³/mol. The topological polar surface area (TPSA) is 20.3 Å². The fourth-order valence-electron chi connectivity index (χ4n) is 1.11. The minimum Gasteiger partial charge on any atom is -0.339 e. The highest BCUT2D eigenvalue weighted by Gasteiger charge is 2.05. The second-order valence-corrected chi connectivity index (χ2v) is 2.83. The van der Waals surface area contributed by atoms with Gasteiger partial charge in [-0.2, -0.15) is 0 Å². The van der Waals surface area contributed by atoms with Crippen molar-refractivity contribution in [2.24, 2.45) is 0 Å². The number of unbranched alkanes of at least 4 members (excludes halogenated alkanes) is 2. The molecule has 0 unspecified atom stereocenters. The van der Waals surface area contributed by atoms with Crippen molar-refractivity contribution in [1.29, 1.82) is 0 Å². The second kappa shape index (κ2) is 6.89. The summed E-state index contributed by atoms with van der Waals surface area (Å²) in [7, 11) is 0. The Morgan fingerprint density at radius 1 is 1.42 bits per heavy atom. The van der Waals surface area contributed by atoms with Crippen molar-refractivity contribution < 1.29 is 4.79 Å². The minimum absolute atomic E-state index is 0.0496. The van der Waals surface area contributed by atoms with E-state index < -0.39 is 0 Å². The normalized spacial score (nSPS) is 9.50. The summed E-state index contributed by atoms with van der Waals surface area (Å²) >= 11 is 0. The molecule has 0 aliphatic carbocycles. The monoisotopic (exact) mass is 169 g/mol. The fraction of sp³-hybridized carbons (Fsp3) is 0.700. The molecule has 0 aromatic rings.